The summed E-state index contributed by atoms with van der Waals surface area (Å²) >= 11 is 0. The number of rotatable bonds is 5. The minimum absolute atomic E-state index is 0.298. The van der Waals surface area contributed by atoms with Crippen LogP contribution in [0.4, 0.5) is 0 Å². The van der Waals surface area contributed by atoms with Crippen molar-refractivity contribution in [2.45, 2.75) is 24.8 Å². The third kappa shape index (κ3) is 3.43. The van der Waals surface area contributed by atoms with Crippen LogP contribution in [-0.4, -0.2) is 15.5 Å². The largest absolute Gasteiger partial charge is 0.496 e. The summed E-state index contributed by atoms with van der Waals surface area (Å²) in [4.78, 5) is 0.298. The molecular weight excluding hydrogens is 286 g/mol. The van der Waals surface area contributed by atoms with Gasteiger partial charge in [0, 0.05) is 11.6 Å². The second-order valence-corrected chi connectivity index (χ2v) is 6.53. The highest BCUT2D eigenvalue weighted by atomic mass is 32.2. The maximum atomic E-state index is 12.5. The molecule has 2 aromatic rings. The van der Waals surface area contributed by atoms with E-state index in [4.69, 9.17) is 4.74 Å². The molecule has 1 unspecified atom stereocenters. The summed E-state index contributed by atoms with van der Waals surface area (Å²) in [6.07, 6.45) is 0. The normalized spacial score (nSPS) is 12.9. The van der Waals surface area contributed by atoms with Crippen LogP contribution in [0, 0.1) is 6.92 Å². The molecule has 0 radical (unpaired) electrons. The molecule has 0 saturated heterocycles. The molecule has 0 fully saturated rings. The Hall–Kier alpha value is -1.85. The molecule has 0 aliphatic rings. The number of benzene rings is 2. The van der Waals surface area contributed by atoms with Crippen molar-refractivity contribution in [1.82, 2.24) is 4.72 Å². The first-order chi connectivity index (χ1) is 9.95. The van der Waals surface area contributed by atoms with Crippen LogP contribution in [0.2, 0.25) is 0 Å². The number of aryl methyl sites for hydroxylation is 1. The van der Waals surface area contributed by atoms with Crippen LogP contribution in [0.15, 0.2) is 53.4 Å². The van der Waals surface area contributed by atoms with Gasteiger partial charge in [-0.1, -0.05) is 36.4 Å². The van der Waals surface area contributed by atoms with Crippen LogP contribution in [-0.2, 0) is 10.0 Å². The molecule has 0 saturated carbocycles. The van der Waals surface area contributed by atoms with Crippen molar-refractivity contribution in [1.29, 1.82) is 0 Å². The van der Waals surface area contributed by atoms with E-state index in [0.717, 1.165) is 11.1 Å². The number of hydrogen-bond acceptors (Lipinski definition) is 3. The van der Waals surface area contributed by atoms with E-state index < -0.39 is 10.0 Å². The lowest BCUT2D eigenvalue weighted by Crippen LogP contribution is -2.27. The first-order valence-electron chi connectivity index (χ1n) is 6.66. The Kier molecular flexibility index (Phi) is 4.65. The molecule has 112 valence electrons. The summed E-state index contributed by atoms with van der Waals surface area (Å²) in [6.45, 7) is 3.58. The van der Waals surface area contributed by atoms with E-state index in [2.05, 4.69) is 4.72 Å². The summed E-state index contributed by atoms with van der Waals surface area (Å²) in [5, 5.41) is 0. The average molecular weight is 305 g/mol. The lowest BCUT2D eigenvalue weighted by Gasteiger charge is -2.18. The molecule has 0 amide bonds. The van der Waals surface area contributed by atoms with E-state index in [1.165, 1.54) is 0 Å². The third-order valence-electron chi connectivity index (χ3n) is 3.32. The molecule has 0 aliphatic heterocycles. The van der Waals surface area contributed by atoms with Crippen LogP contribution in [0.5, 0.6) is 5.75 Å². The van der Waals surface area contributed by atoms with Gasteiger partial charge in [-0.2, -0.15) is 0 Å². The van der Waals surface area contributed by atoms with Gasteiger partial charge in [0.05, 0.1) is 12.0 Å². The lowest BCUT2D eigenvalue weighted by atomic mass is 10.1. The molecule has 1 atom stereocenters. The molecule has 1 N–H and O–H groups in total. The monoisotopic (exact) mass is 305 g/mol. The van der Waals surface area contributed by atoms with Crippen molar-refractivity contribution in [2.24, 2.45) is 0 Å². The number of ether oxygens (including phenoxy) is 1. The maximum absolute atomic E-state index is 12.5. The van der Waals surface area contributed by atoms with E-state index in [0.29, 0.717) is 10.6 Å². The molecular formula is C16H19NO3S. The fourth-order valence-electron chi connectivity index (χ4n) is 2.24. The van der Waals surface area contributed by atoms with Crippen LogP contribution in [0.25, 0.3) is 0 Å². The Morgan fingerprint density at radius 2 is 1.67 bits per heavy atom. The Morgan fingerprint density at radius 1 is 1.05 bits per heavy atom. The Balaban J connectivity index is 2.31. The molecule has 2 aromatic carbocycles. The second kappa shape index (κ2) is 6.28. The highest BCUT2D eigenvalue weighted by molar-refractivity contribution is 7.89. The van der Waals surface area contributed by atoms with Crippen molar-refractivity contribution >= 4 is 10.0 Å². The molecule has 0 bridgehead atoms. The molecule has 21 heavy (non-hydrogen) atoms. The van der Waals surface area contributed by atoms with Gasteiger partial charge in [-0.05, 0) is 31.5 Å². The van der Waals surface area contributed by atoms with Crippen molar-refractivity contribution in [3.63, 3.8) is 0 Å². The minimum atomic E-state index is -3.57. The van der Waals surface area contributed by atoms with Crippen molar-refractivity contribution in [2.75, 3.05) is 7.11 Å². The van der Waals surface area contributed by atoms with Crippen LogP contribution >= 0.6 is 0 Å². The molecule has 5 heteroatoms. The minimum Gasteiger partial charge on any atom is -0.496 e. The predicted molar refractivity (Wildman–Crippen MR) is 82.9 cm³/mol. The molecule has 0 spiro atoms. The third-order valence-corrected chi connectivity index (χ3v) is 5.02. The Labute approximate surface area is 125 Å². The summed E-state index contributed by atoms with van der Waals surface area (Å²) in [5.41, 5.74) is 1.52. The van der Waals surface area contributed by atoms with E-state index in [1.54, 1.807) is 39.2 Å². The molecule has 0 aliphatic carbocycles. The predicted octanol–water partition coefficient (Wildman–Crippen LogP) is 3.04. The van der Waals surface area contributed by atoms with Gasteiger partial charge >= 0.3 is 0 Å². The SMILES string of the molecule is COc1ccccc1C(C)NS(=O)(=O)c1ccccc1C. The quantitative estimate of drug-likeness (QED) is 0.923. The van der Waals surface area contributed by atoms with Gasteiger partial charge in [0.2, 0.25) is 10.0 Å². The summed E-state index contributed by atoms with van der Waals surface area (Å²) < 4.78 is 32.9. The van der Waals surface area contributed by atoms with Crippen LogP contribution < -0.4 is 9.46 Å². The Bertz CT molecular complexity index is 726. The van der Waals surface area contributed by atoms with Gasteiger partial charge in [0.15, 0.2) is 0 Å². The fraction of sp³-hybridized carbons (Fsp3) is 0.250. The first kappa shape index (κ1) is 15.5. The van der Waals surface area contributed by atoms with Gasteiger partial charge in [0.1, 0.15) is 5.75 Å². The molecule has 2 rings (SSSR count). The van der Waals surface area contributed by atoms with Gasteiger partial charge in [0.25, 0.3) is 0 Å². The molecule has 0 aromatic heterocycles. The zero-order valence-electron chi connectivity index (χ0n) is 12.3. The van der Waals surface area contributed by atoms with E-state index in [9.17, 15) is 8.42 Å². The smallest absolute Gasteiger partial charge is 0.241 e. The van der Waals surface area contributed by atoms with E-state index >= 15 is 0 Å². The zero-order chi connectivity index (χ0) is 15.5. The summed E-state index contributed by atoms with van der Waals surface area (Å²) in [7, 11) is -2.00. The van der Waals surface area contributed by atoms with Gasteiger partial charge in [-0.25, -0.2) is 13.1 Å². The van der Waals surface area contributed by atoms with E-state index in [1.807, 2.05) is 30.3 Å². The second-order valence-electron chi connectivity index (χ2n) is 4.85. The van der Waals surface area contributed by atoms with Crippen LogP contribution in [0.1, 0.15) is 24.1 Å². The first-order valence-corrected chi connectivity index (χ1v) is 8.15. The van der Waals surface area contributed by atoms with E-state index in [-0.39, 0.29) is 6.04 Å². The van der Waals surface area contributed by atoms with Crippen molar-refractivity contribution in [3.8, 4) is 5.75 Å². The standard InChI is InChI=1S/C16H19NO3S/c1-12-8-4-7-11-16(12)21(18,19)17-13(2)14-9-5-6-10-15(14)20-3/h4-11,13,17H,1-3H3. The summed E-state index contributed by atoms with van der Waals surface area (Å²) in [5.74, 6) is 0.664. The number of hydrogen-bond donors (Lipinski definition) is 1. The average Bonchev–Trinajstić information content (AvgIpc) is 2.47. The number of para-hydroxylation sites is 1. The zero-order valence-corrected chi connectivity index (χ0v) is 13.1. The van der Waals surface area contributed by atoms with Crippen LogP contribution in [0.3, 0.4) is 0 Å². The summed E-state index contributed by atoms with van der Waals surface area (Å²) in [6, 6.07) is 13.9. The maximum Gasteiger partial charge on any atom is 0.241 e. The molecule has 4 nitrogen and oxygen atoms in total. The highest BCUT2D eigenvalue weighted by Gasteiger charge is 2.21. The van der Waals surface area contributed by atoms with Crippen molar-refractivity contribution in [3.05, 3.63) is 59.7 Å². The van der Waals surface area contributed by atoms with Crippen molar-refractivity contribution < 1.29 is 13.2 Å². The number of nitrogens with one attached hydrogen (secondary N) is 1. The topological polar surface area (TPSA) is 55.4 Å². The number of sulfonamides is 1. The van der Waals surface area contributed by atoms with Gasteiger partial charge < -0.3 is 4.74 Å². The Morgan fingerprint density at radius 3 is 2.33 bits per heavy atom. The number of methoxy groups -OCH3 is 1. The molecule has 0 heterocycles. The van der Waals surface area contributed by atoms with Gasteiger partial charge in [-0.3, -0.25) is 0 Å². The fourth-order valence-corrected chi connectivity index (χ4v) is 3.71. The van der Waals surface area contributed by atoms with Gasteiger partial charge in [-0.15, -0.1) is 0 Å². The lowest BCUT2D eigenvalue weighted by molar-refractivity contribution is 0.405. The highest BCUT2D eigenvalue weighted by Crippen LogP contribution is 2.26.